The monoisotopic (exact) mass is 313 g/mol. The lowest BCUT2D eigenvalue weighted by Gasteiger charge is -2.36. The van der Waals surface area contributed by atoms with Gasteiger partial charge in [0.05, 0.1) is 6.04 Å². The molecule has 0 aliphatic carbocycles. The Morgan fingerprint density at radius 3 is 2.33 bits per heavy atom. The zero-order chi connectivity index (χ0) is 16.7. The van der Waals surface area contributed by atoms with Crippen molar-refractivity contribution in [2.24, 2.45) is 5.41 Å². The smallest absolute Gasteiger partial charge is 0.0775 e. The number of allylic oxidation sites excluding steroid dienone is 2. The second-order valence-electron chi connectivity index (χ2n) is 7.61. The average molecular weight is 313 g/mol. The Morgan fingerprint density at radius 2 is 1.58 bits per heavy atom. The number of hydrogen-bond donors (Lipinski definition) is 0. The van der Waals surface area contributed by atoms with Gasteiger partial charge in [-0.2, -0.15) is 0 Å². The average Bonchev–Trinajstić information content (AvgIpc) is 2.60. The summed E-state index contributed by atoms with van der Waals surface area (Å²) in [4.78, 5) is 2.30. The highest BCUT2D eigenvalue weighted by Crippen LogP contribution is 2.40. The van der Waals surface area contributed by atoms with Crippen LogP contribution < -0.4 is 0 Å². The number of fused-ring (bicyclic) bond motifs is 3. The van der Waals surface area contributed by atoms with Gasteiger partial charge < -0.3 is 4.90 Å². The maximum absolute atomic E-state index is 2.41. The number of rotatable bonds is 1. The van der Waals surface area contributed by atoms with Gasteiger partial charge in [-0.3, -0.25) is 0 Å². The fourth-order valence-corrected chi connectivity index (χ4v) is 3.42. The third-order valence-electron chi connectivity index (χ3n) is 4.89. The van der Waals surface area contributed by atoms with Crippen molar-refractivity contribution in [2.75, 3.05) is 0 Å². The molecule has 1 nitrogen and oxygen atoms in total. The van der Waals surface area contributed by atoms with Crippen molar-refractivity contribution in [2.45, 2.75) is 26.8 Å². The minimum absolute atomic E-state index is 0.168. The Hall–Kier alpha value is -2.54. The molecule has 2 aliphatic heterocycles. The van der Waals surface area contributed by atoms with Gasteiger partial charge >= 0.3 is 0 Å². The highest BCUT2D eigenvalue weighted by molar-refractivity contribution is 5.70. The van der Waals surface area contributed by atoms with E-state index in [1.165, 1.54) is 27.8 Å². The summed E-state index contributed by atoms with van der Waals surface area (Å²) in [6, 6.07) is 17.7. The van der Waals surface area contributed by atoms with Crippen LogP contribution in [-0.4, -0.2) is 4.90 Å². The summed E-state index contributed by atoms with van der Waals surface area (Å²) in [5.41, 5.74) is 6.81. The zero-order valence-corrected chi connectivity index (χ0v) is 14.5. The van der Waals surface area contributed by atoms with Crippen molar-refractivity contribution in [3.8, 4) is 11.1 Å². The summed E-state index contributed by atoms with van der Waals surface area (Å²) in [7, 11) is 0. The quantitative estimate of drug-likeness (QED) is 0.607. The molecule has 2 aromatic carbocycles. The van der Waals surface area contributed by atoms with E-state index in [4.69, 9.17) is 0 Å². The maximum atomic E-state index is 2.41. The van der Waals surface area contributed by atoms with Gasteiger partial charge in [0.1, 0.15) is 0 Å². The molecule has 0 saturated carbocycles. The lowest BCUT2D eigenvalue weighted by molar-refractivity contribution is 0.409. The molecule has 2 aromatic rings. The number of nitrogens with zero attached hydrogens (tertiary/aromatic N) is 1. The van der Waals surface area contributed by atoms with Gasteiger partial charge in [0.15, 0.2) is 0 Å². The van der Waals surface area contributed by atoms with Crippen LogP contribution >= 0.6 is 0 Å². The van der Waals surface area contributed by atoms with Crippen LogP contribution in [0.4, 0.5) is 0 Å². The molecule has 4 rings (SSSR count). The summed E-state index contributed by atoms with van der Waals surface area (Å²) in [5.74, 6) is 0. The molecule has 1 atom stereocenters. The van der Waals surface area contributed by atoms with Crippen molar-refractivity contribution in [3.63, 3.8) is 0 Å². The first kappa shape index (κ1) is 15.0. The summed E-state index contributed by atoms with van der Waals surface area (Å²) in [6.45, 7) is 6.83. The van der Waals surface area contributed by atoms with Gasteiger partial charge in [-0.15, -0.1) is 0 Å². The zero-order valence-electron chi connectivity index (χ0n) is 14.5. The van der Waals surface area contributed by atoms with Crippen molar-refractivity contribution in [3.05, 3.63) is 89.8 Å². The SMILES string of the molecule is CC(C)(C)C1=CC2c3cc(-c4ccccc4)ccc3C=CN2C=C1. The molecule has 24 heavy (non-hydrogen) atoms. The fraction of sp³-hybridized carbons (Fsp3) is 0.217. The molecule has 0 N–H and O–H groups in total. The highest BCUT2D eigenvalue weighted by Gasteiger charge is 2.26. The van der Waals surface area contributed by atoms with Crippen LogP contribution in [0, 0.1) is 5.41 Å². The van der Waals surface area contributed by atoms with Gasteiger partial charge in [-0.05, 0) is 51.5 Å². The molecule has 1 unspecified atom stereocenters. The molecular weight excluding hydrogens is 290 g/mol. The molecule has 1 heteroatoms. The van der Waals surface area contributed by atoms with E-state index >= 15 is 0 Å². The van der Waals surface area contributed by atoms with E-state index < -0.39 is 0 Å². The molecule has 2 heterocycles. The van der Waals surface area contributed by atoms with E-state index in [0.717, 1.165) is 0 Å². The first-order valence-electron chi connectivity index (χ1n) is 8.58. The normalized spacial score (nSPS) is 18.9. The molecule has 0 amide bonds. The number of benzene rings is 2. The van der Waals surface area contributed by atoms with Crippen molar-refractivity contribution >= 4 is 6.08 Å². The molecule has 0 saturated heterocycles. The highest BCUT2D eigenvalue weighted by atomic mass is 15.1. The number of hydrogen-bond acceptors (Lipinski definition) is 1. The van der Waals surface area contributed by atoms with Gasteiger partial charge in [-0.1, -0.05) is 69.3 Å². The van der Waals surface area contributed by atoms with Gasteiger partial charge in [0.2, 0.25) is 0 Å². The fourth-order valence-electron chi connectivity index (χ4n) is 3.42. The van der Waals surface area contributed by atoms with E-state index in [2.05, 4.69) is 105 Å². The third kappa shape index (κ3) is 2.60. The molecule has 0 spiro atoms. The molecule has 0 bridgehead atoms. The predicted molar refractivity (Wildman–Crippen MR) is 102 cm³/mol. The summed E-state index contributed by atoms with van der Waals surface area (Å²) >= 11 is 0. The second kappa shape index (κ2) is 5.52. The van der Waals surface area contributed by atoms with Gasteiger partial charge in [-0.25, -0.2) is 0 Å². The Morgan fingerprint density at radius 1 is 0.833 bits per heavy atom. The van der Waals surface area contributed by atoms with E-state index in [9.17, 15) is 0 Å². The summed E-state index contributed by atoms with van der Waals surface area (Å²) in [6.07, 6.45) is 11.3. The minimum atomic E-state index is 0.168. The molecule has 0 radical (unpaired) electrons. The van der Waals surface area contributed by atoms with E-state index in [1.54, 1.807) is 0 Å². The Bertz CT molecular complexity index is 847. The molecule has 0 aromatic heterocycles. The van der Waals surface area contributed by atoms with Gasteiger partial charge in [0.25, 0.3) is 0 Å². The first-order valence-corrected chi connectivity index (χ1v) is 8.58. The van der Waals surface area contributed by atoms with Crippen LogP contribution in [-0.2, 0) is 0 Å². The van der Waals surface area contributed by atoms with Crippen LogP contribution in [0.15, 0.2) is 78.7 Å². The van der Waals surface area contributed by atoms with E-state index in [-0.39, 0.29) is 11.5 Å². The topological polar surface area (TPSA) is 3.24 Å². The Kier molecular flexibility index (Phi) is 3.45. The Balaban J connectivity index is 1.80. The van der Waals surface area contributed by atoms with E-state index in [0.29, 0.717) is 0 Å². The lowest BCUT2D eigenvalue weighted by Crippen LogP contribution is -2.25. The third-order valence-corrected chi connectivity index (χ3v) is 4.89. The summed E-state index contributed by atoms with van der Waals surface area (Å²) in [5, 5.41) is 0. The second-order valence-corrected chi connectivity index (χ2v) is 7.61. The van der Waals surface area contributed by atoms with Crippen LogP contribution in [0.1, 0.15) is 37.9 Å². The molecule has 120 valence electrons. The first-order chi connectivity index (χ1) is 11.5. The Labute approximate surface area is 144 Å². The molecule has 0 fully saturated rings. The van der Waals surface area contributed by atoms with E-state index in [1.807, 2.05) is 0 Å². The molecular formula is C23H23N. The van der Waals surface area contributed by atoms with Crippen molar-refractivity contribution in [1.82, 2.24) is 4.90 Å². The van der Waals surface area contributed by atoms with Gasteiger partial charge in [0, 0.05) is 12.4 Å². The summed E-state index contributed by atoms with van der Waals surface area (Å²) < 4.78 is 0. The maximum Gasteiger partial charge on any atom is 0.0775 e. The standard InChI is InChI=1S/C23H23N/c1-23(2,3)20-12-14-24-13-11-18-9-10-19(15-21(18)22(24)16-20)17-7-5-4-6-8-17/h4-16,22H,1-3H3. The van der Waals surface area contributed by atoms with Crippen molar-refractivity contribution < 1.29 is 0 Å². The van der Waals surface area contributed by atoms with Crippen molar-refractivity contribution in [1.29, 1.82) is 0 Å². The minimum Gasteiger partial charge on any atom is -0.343 e. The lowest BCUT2D eigenvalue weighted by atomic mass is 9.81. The van der Waals surface area contributed by atoms with Crippen LogP contribution in [0.3, 0.4) is 0 Å². The predicted octanol–water partition coefficient (Wildman–Crippen LogP) is 6.18. The largest absolute Gasteiger partial charge is 0.343 e. The van der Waals surface area contributed by atoms with Crippen LogP contribution in [0.25, 0.3) is 17.2 Å². The molecule has 2 aliphatic rings. The van der Waals surface area contributed by atoms with Crippen LogP contribution in [0.2, 0.25) is 0 Å². The van der Waals surface area contributed by atoms with Crippen LogP contribution in [0.5, 0.6) is 0 Å².